The summed E-state index contributed by atoms with van der Waals surface area (Å²) in [5, 5.41) is 5.25. The molecule has 0 atom stereocenters. The average Bonchev–Trinajstić information content (AvgIpc) is 2.12. The van der Waals surface area contributed by atoms with E-state index in [4.69, 9.17) is 0 Å². The van der Waals surface area contributed by atoms with Gasteiger partial charge in [0.15, 0.2) is 0 Å². The Balaban J connectivity index is 3.34. The van der Waals surface area contributed by atoms with Crippen LogP contribution >= 0.6 is 0 Å². The number of nitrogens with one attached hydrogen (secondary N) is 2. The van der Waals surface area contributed by atoms with Gasteiger partial charge in [-0.1, -0.05) is 13.8 Å². The quantitative estimate of drug-likeness (QED) is 0.626. The van der Waals surface area contributed by atoms with Crippen LogP contribution in [0.1, 0.15) is 13.8 Å². The Hall–Kier alpha value is -0.770. The Labute approximate surface area is 74.3 Å². The first-order chi connectivity index (χ1) is 5.74. The van der Waals surface area contributed by atoms with E-state index in [-0.39, 0.29) is 6.03 Å². The van der Waals surface area contributed by atoms with Crippen LogP contribution in [0.25, 0.3) is 0 Å². The molecular formula is C8H19N3O. The van der Waals surface area contributed by atoms with Gasteiger partial charge in [0.1, 0.15) is 0 Å². The van der Waals surface area contributed by atoms with Crippen LogP contribution in [0.4, 0.5) is 4.79 Å². The van der Waals surface area contributed by atoms with Gasteiger partial charge in [-0.25, -0.2) is 4.79 Å². The molecule has 0 aromatic heterocycles. The van der Waals surface area contributed by atoms with Crippen LogP contribution in [0.2, 0.25) is 0 Å². The fourth-order valence-corrected chi connectivity index (χ4v) is 0.956. The molecule has 72 valence electrons. The molecule has 0 aliphatic carbocycles. The van der Waals surface area contributed by atoms with Crippen LogP contribution in [0, 0.1) is 0 Å². The van der Waals surface area contributed by atoms with Crippen LogP contribution in [-0.4, -0.2) is 44.2 Å². The second-order valence-electron chi connectivity index (χ2n) is 2.53. The van der Waals surface area contributed by atoms with Crippen molar-refractivity contribution in [2.24, 2.45) is 0 Å². The van der Waals surface area contributed by atoms with Crippen molar-refractivity contribution in [1.29, 1.82) is 0 Å². The molecule has 0 heterocycles. The summed E-state index contributed by atoms with van der Waals surface area (Å²) in [7, 11) is 1.62. The third kappa shape index (κ3) is 4.96. The Morgan fingerprint density at radius 1 is 1.33 bits per heavy atom. The lowest BCUT2D eigenvalue weighted by Crippen LogP contribution is -2.38. The number of carbonyl (C=O) groups excluding carboxylic acids is 1. The molecule has 0 aliphatic heterocycles. The minimum absolute atomic E-state index is 0.109. The highest BCUT2D eigenvalue weighted by atomic mass is 16.2. The third-order valence-electron chi connectivity index (χ3n) is 1.84. The van der Waals surface area contributed by atoms with Gasteiger partial charge >= 0.3 is 6.03 Å². The largest absolute Gasteiger partial charge is 0.341 e. The molecule has 0 aromatic rings. The van der Waals surface area contributed by atoms with Crippen molar-refractivity contribution >= 4 is 6.03 Å². The van der Waals surface area contributed by atoms with E-state index in [0.29, 0.717) is 6.54 Å². The van der Waals surface area contributed by atoms with Crippen LogP contribution in [0.15, 0.2) is 0 Å². The molecule has 4 nitrogen and oxygen atoms in total. The fraction of sp³-hybridized carbons (Fsp3) is 0.875. The summed E-state index contributed by atoms with van der Waals surface area (Å²) < 4.78 is 0. The minimum Gasteiger partial charge on any atom is -0.341 e. The summed E-state index contributed by atoms with van der Waals surface area (Å²) in [4.78, 5) is 13.0. The molecule has 0 fully saturated rings. The second-order valence-corrected chi connectivity index (χ2v) is 2.53. The number of carbonyl (C=O) groups is 1. The molecule has 2 amide bonds. The van der Waals surface area contributed by atoms with E-state index in [9.17, 15) is 4.79 Å². The van der Waals surface area contributed by atoms with Crippen molar-refractivity contribution in [3.63, 3.8) is 0 Å². The Bertz CT molecular complexity index is 123. The van der Waals surface area contributed by atoms with Gasteiger partial charge in [0.25, 0.3) is 0 Å². The lowest BCUT2D eigenvalue weighted by molar-refractivity contribution is 0.239. The Morgan fingerprint density at radius 3 is 2.33 bits per heavy atom. The molecule has 0 rings (SSSR count). The third-order valence-corrected chi connectivity index (χ3v) is 1.84. The van der Waals surface area contributed by atoms with Crippen molar-refractivity contribution in [2.75, 3.05) is 33.2 Å². The maximum absolute atomic E-state index is 10.7. The molecule has 0 radical (unpaired) electrons. The molecule has 0 aliphatic rings. The molecular weight excluding hydrogens is 154 g/mol. The molecule has 0 spiro atoms. The van der Waals surface area contributed by atoms with Gasteiger partial charge in [-0.2, -0.15) is 0 Å². The van der Waals surface area contributed by atoms with Crippen molar-refractivity contribution in [3.8, 4) is 0 Å². The summed E-state index contributed by atoms with van der Waals surface area (Å²) in [5.41, 5.74) is 0. The normalized spacial score (nSPS) is 10.0. The Kier molecular flexibility index (Phi) is 6.47. The number of likely N-dealkylation sites (N-methyl/N-ethyl adjacent to an activating group) is 1. The van der Waals surface area contributed by atoms with Gasteiger partial charge in [0.05, 0.1) is 0 Å². The van der Waals surface area contributed by atoms with E-state index in [1.807, 2.05) is 0 Å². The van der Waals surface area contributed by atoms with Crippen molar-refractivity contribution < 1.29 is 4.79 Å². The number of nitrogens with zero attached hydrogens (tertiary/aromatic N) is 1. The second kappa shape index (κ2) is 6.91. The first kappa shape index (κ1) is 11.2. The van der Waals surface area contributed by atoms with Crippen LogP contribution in [-0.2, 0) is 0 Å². The number of urea groups is 1. The summed E-state index contributed by atoms with van der Waals surface area (Å²) in [6.45, 7) is 7.92. The van der Waals surface area contributed by atoms with E-state index >= 15 is 0 Å². The van der Waals surface area contributed by atoms with Crippen LogP contribution < -0.4 is 10.6 Å². The molecule has 0 bridgehead atoms. The van der Waals surface area contributed by atoms with E-state index in [1.165, 1.54) is 0 Å². The highest BCUT2D eigenvalue weighted by Crippen LogP contribution is 1.83. The van der Waals surface area contributed by atoms with E-state index in [2.05, 4.69) is 29.4 Å². The SMILES string of the molecule is CCN(CC)CCNC(=O)NC. The zero-order chi connectivity index (χ0) is 9.40. The Morgan fingerprint density at radius 2 is 1.92 bits per heavy atom. The van der Waals surface area contributed by atoms with E-state index in [0.717, 1.165) is 19.6 Å². The maximum Gasteiger partial charge on any atom is 0.314 e. The topological polar surface area (TPSA) is 44.4 Å². The number of rotatable bonds is 5. The lowest BCUT2D eigenvalue weighted by Gasteiger charge is -2.17. The van der Waals surface area contributed by atoms with Gasteiger partial charge < -0.3 is 15.5 Å². The zero-order valence-electron chi connectivity index (χ0n) is 8.18. The van der Waals surface area contributed by atoms with E-state index < -0.39 is 0 Å². The highest BCUT2D eigenvalue weighted by Gasteiger charge is 1.99. The lowest BCUT2D eigenvalue weighted by atomic mass is 10.4. The number of hydrogen-bond acceptors (Lipinski definition) is 2. The van der Waals surface area contributed by atoms with Gasteiger partial charge in [-0.15, -0.1) is 0 Å². The average molecular weight is 173 g/mol. The van der Waals surface area contributed by atoms with E-state index in [1.54, 1.807) is 7.05 Å². The van der Waals surface area contributed by atoms with Gasteiger partial charge in [-0.05, 0) is 13.1 Å². The highest BCUT2D eigenvalue weighted by molar-refractivity contribution is 5.73. The molecule has 0 saturated heterocycles. The van der Waals surface area contributed by atoms with Crippen molar-refractivity contribution in [1.82, 2.24) is 15.5 Å². The summed E-state index contributed by atoms with van der Waals surface area (Å²) in [6, 6.07) is -0.109. The van der Waals surface area contributed by atoms with Gasteiger partial charge in [0.2, 0.25) is 0 Å². The van der Waals surface area contributed by atoms with Crippen molar-refractivity contribution in [3.05, 3.63) is 0 Å². The summed E-state index contributed by atoms with van der Waals surface area (Å²) in [5.74, 6) is 0. The maximum atomic E-state index is 10.7. The molecule has 0 aromatic carbocycles. The number of hydrogen-bond donors (Lipinski definition) is 2. The molecule has 0 saturated carbocycles. The van der Waals surface area contributed by atoms with Crippen LogP contribution in [0.3, 0.4) is 0 Å². The smallest absolute Gasteiger partial charge is 0.314 e. The van der Waals surface area contributed by atoms with Crippen LogP contribution in [0.5, 0.6) is 0 Å². The van der Waals surface area contributed by atoms with Crippen molar-refractivity contribution in [2.45, 2.75) is 13.8 Å². The number of amides is 2. The summed E-state index contributed by atoms with van der Waals surface area (Å²) >= 11 is 0. The standard InChI is InChI=1S/C8H19N3O/c1-4-11(5-2)7-6-10-8(12)9-3/h4-7H2,1-3H3,(H2,9,10,12). The van der Waals surface area contributed by atoms with Gasteiger partial charge in [-0.3, -0.25) is 0 Å². The molecule has 0 unspecified atom stereocenters. The monoisotopic (exact) mass is 173 g/mol. The predicted octanol–water partition coefficient (Wildman–Crippen LogP) is 0.257. The van der Waals surface area contributed by atoms with Gasteiger partial charge in [0, 0.05) is 20.1 Å². The molecule has 12 heavy (non-hydrogen) atoms. The zero-order valence-corrected chi connectivity index (χ0v) is 8.18. The predicted molar refractivity (Wildman–Crippen MR) is 50.2 cm³/mol. The molecule has 2 N–H and O–H groups in total. The summed E-state index contributed by atoms with van der Waals surface area (Å²) in [6.07, 6.45) is 0. The first-order valence-electron chi connectivity index (χ1n) is 4.42. The minimum atomic E-state index is -0.109. The fourth-order valence-electron chi connectivity index (χ4n) is 0.956. The molecule has 4 heteroatoms. The first-order valence-corrected chi connectivity index (χ1v) is 4.42.